The summed E-state index contributed by atoms with van der Waals surface area (Å²) in [5.74, 6) is -1.30. The number of hydrogen-bond acceptors (Lipinski definition) is 11. The van der Waals surface area contributed by atoms with E-state index in [4.69, 9.17) is 43.4 Å². The molecule has 0 amide bonds. The van der Waals surface area contributed by atoms with Gasteiger partial charge in [-0.3, -0.25) is 0 Å². The van der Waals surface area contributed by atoms with Gasteiger partial charge in [-0.15, -0.1) is 0 Å². The van der Waals surface area contributed by atoms with Gasteiger partial charge in [0.1, 0.15) is 35.6 Å². The minimum Gasteiger partial charge on any atom is -0.393 e. The third kappa shape index (κ3) is 5.33. The number of methoxy groups -OCH3 is 2. The molecule has 0 spiro atoms. The summed E-state index contributed by atoms with van der Waals surface area (Å²) in [5, 5.41) is 9.53. The molecule has 0 aromatic heterocycles. The fourth-order valence-electron chi connectivity index (χ4n) is 5.05. The van der Waals surface area contributed by atoms with Crippen LogP contribution in [-0.4, -0.2) is 101 Å². The molecule has 8 atom stereocenters. The monoisotopic (exact) mass is 509 g/mol. The second kappa shape index (κ2) is 10.8. The van der Waals surface area contributed by atoms with Gasteiger partial charge in [0.15, 0.2) is 24.2 Å². The third-order valence-electron chi connectivity index (χ3n) is 6.83. The number of fused-ring (bicyclic) bond motifs is 2. The van der Waals surface area contributed by atoms with Gasteiger partial charge in [-0.05, 0) is 41.9 Å². The van der Waals surface area contributed by atoms with Gasteiger partial charge in [0, 0.05) is 14.2 Å². The maximum atomic E-state index is 9.53. The fourth-order valence-corrected chi connectivity index (χ4v) is 5.31. The maximum absolute atomic E-state index is 9.53. The number of aliphatic hydroxyl groups excluding tert-OH is 1. The molecule has 197 valence electrons. The van der Waals surface area contributed by atoms with Crippen LogP contribution in [0, 0.1) is 0 Å². The Balaban J connectivity index is 0.000000198. The van der Waals surface area contributed by atoms with Crippen LogP contribution in [0.15, 0.2) is 0 Å². The molecule has 4 heterocycles. The number of hydrogen-bond donors (Lipinski definition) is 1. The van der Waals surface area contributed by atoms with Crippen LogP contribution in [0.25, 0.3) is 0 Å². The highest BCUT2D eigenvalue weighted by molar-refractivity contribution is 8.15. The van der Waals surface area contributed by atoms with Crippen LogP contribution in [0.2, 0.25) is 0 Å². The number of rotatable bonds is 9. The van der Waals surface area contributed by atoms with Crippen LogP contribution in [0.5, 0.6) is 0 Å². The van der Waals surface area contributed by atoms with E-state index in [1.807, 2.05) is 41.5 Å². The van der Waals surface area contributed by atoms with E-state index in [0.29, 0.717) is 19.4 Å². The van der Waals surface area contributed by atoms with E-state index in [-0.39, 0.29) is 31.0 Å². The first-order chi connectivity index (χ1) is 16.5. The van der Waals surface area contributed by atoms with Gasteiger partial charge in [0.2, 0.25) is 7.09 Å². The zero-order valence-corrected chi connectivity index (χ0v) is 22.2. The van der Waals surface area contributed by atoms with Crippen molar-refractivity contribution in [1.29, 1.82) is 1.34 Å². The van der Waals surface area contributed by atoms with Crippen molar-refractivity contribution in [3.05, 3.63) is 0 Å². The van der Waals surface area contributed by atoms with Gasteiger partial charge < -0.3 is 47.2 Å². The first-order valence-electron chi connectivity index (χ1n) is 12.3. The molecule has 4 saturated heterocycles. The summed E-state index contributed by atoms with van der Waals surface area (Å²) in [6.45, 7) is 11.7. The summed E-state index contributed by atoms with van der Waals surface area (Å²) in [6, 6.07) is 0. The Morgan fingerprint density at radius 1 is 0.824 bits per heavy atom. The van der Waals surface area contributed by atoms with Gasteiger partial charge in [0.05, 0.1) is 13.2 Å². The summed E-state index contributed by atoms with van der Waals surface area (Å²) >= 11 is 0.976. The second-order valence-electron chi connectivity index (χ2n) is 9.84. The van der Waals surface area contributed by atoms with Crippen molar-refractivity contribution >= 4 is 19.0 Å². The van der Waals surface area contributed by atoms with Gasteiger partial charge in [0.25, 0.3) is 0 Å². The summed E-state index contributed by atoms with van der Waals surface area (Å²) < 4.78 is 58.0. The van der Waals surface area contributed by atoms with Crippen molar-refractivity contribution in [2.45, 2.75) is 114 Å². The molecule has 4 aliphatic heterocycles. The quantitative estimate of drug-likeness (QED) is 0.280. The summed E-state index contributed by atoms with van der Waals surface area (Å²) in [4.78, 5) is 0. The van der Waals surface area contributed by atoms with Crippen LogP contribution in [0.1, 0.15) is 54.4 Å². The predicted octanol–water partition coefficient (Wildman–Crippen LogP) is 1.79. The molecule has 4 aliphatic rings. The highest BCUT2D eigenvalue weighted by Gasteiger charge is 2.63. The zero-order valence-electron chi connectivity index (χ0n) is 22.4. The summed E-state index contributed by atoms with van der Waals surface area (Å²) in [5.41, 5.74) is -1.31. The lowest BCUT2D eigenvalue weighted by Gasteiger charge is -2.33. The van der Waals surface area contributed by atoms with E-state index in [2.05, 4.69) is 0 Å². The highest BCUT2D eigenvalue weighted by Crippen LogP contribution is 2.47. The topological polar surface area (TPSA) is 103 Å². The first kappa shape index (κ1) is 27.1. The SMILES string of the molecule is CC[C@@]1(CO)O[C@@H](OC)C2OC(C)(C)O[C@H]21.[3H][B]SOC[C@]1(CC)O[C@@H](OC)C2OC(C)(C)O[C@H]21. The summed E-state index contributed by atoms with van der Waals surface area (Å²) in [6.07, 6.45) is -0.596. The van der Waals surface area contributed by atoms with Crippen LogP contribution >= 0.6 is 11.9 Å². The summed E-state index contributed by atoms with van der Waals surface area (Å²) in [7, 11) is 4.30. The van der Waals surface area contributed by atoms with E-state index in [1.54, 1.807) is 14.2 Å². The van der Waals surface area contributed by atoms with Crippen molar-refractivity contribution in [2.24, 2.45) is 0 Å². The maximum Gasteiger partial charge on any atom is 0.209 e. The minimum atomic E-state index is -0.709. The standard InChI is InChI=1S/C11H20BO5S.C11H20O5/c1-5-11(6-14-18-12)8-7(9(13-4)17-11)15-10(2,3)16-8;1-5-11(6-12)8-7(9(13-4)16-11)14-10(2,3)15-8/h7-9,12H,5-6H2,1-4H3;7-9,12H,5-6H2,1-4H3/t2*7?,8-,9-,11+/m11/s1/i12T;. The molecule has 4 fully saturated rings. The molecule has 0 aromatic carbocycles. The lowest BCUT2D eigenvalue weighted by Crippen LogP contribution is -2.46. The molecular formula is C22H40BO10S. The predicted molar refractivity (Wildman–Crippen MR) is 125 cm³/mol. The first-order valence-corrected chi connectivity index (χ1v) is 12.5. The van der Waals surface area contributed by atoms with Gasteiger partial charge >= 0.3 is 0 Å². The Labute approximate surface area is 209 Å². The van der Waals surface area contributed by atoms with Gasteiger partial charge in [-0.25, -0.2) is 0 Å². The minimum absolute atomic E-state index is 0.0933. The van der Waals surface area contributed by atoms with Crippen LogP contribution < -0.4 is 0 Å². The molecule has 12 heteroatoms. The van der Waals surface area contributed by atoms with Gasteiger partial charge in [-0.1, -0.05) is 25.7 Å². The van der Waals surface area contributed by atoms with E-state index in [9.17, 15) is 5.11 Å². The third-order valence-corrected chi connectivity index (χ3v) is 7.09. The van der Waals surface area contributed by atoms with Crippen molar-refractivity contribution in [1.82, 2.24) is 0 Å². The molecule has 0 aliphatic carbocycles. The van der Waals surface area contributed by atoms with Gasteiger partial charge in [-0.2, -0.15) is 0 Å². The van der Waals surface area contributed by atoms with Crippen LogP contribution in [-0.2, 0) is 42.1 Å². The fraction of sp³-hybridized carbons (Fsp3) is 1.00. The molecule has 4 rings (SSSR count). The van der Waals surface area contributed by atoms with E-state index in [1.165, 1.54) is 0 Å². The Morgan fingerprint density at radius 2 is 1.29 bits per heavy atom. The van der Waals surface area contributed by atoms with Crippen molar-refractivity contribution in [3.63, 3.8) is 0 Å². The average Bonchev–Trinajstić information content (AvgIpc) is 3.49. The largest absolute Gasteiger partial charge is 0.393 e. The van der Waals surface area contributed by atoms with E-state index in [0.717, 1.165) is 19.0 Å². The Morgan fingerprint density at radius 3 is 1.71 bits per heavy atom. The lowest BCUT2D eigenvalue weighted by molar-refractivity contribution is -0.256. The van der Waals surface area contributed by atoms with Crippen molar-refractivity contribution in [2.75, 3.05) is 27.4 Å². The van der Waals surface area contributed by atoms with Crippen molar-refractivity contribution < 1.29 is 47.2 Å². The lowest BCUT2D eigenvalue weighted by atomic mass is 9.93. The van der Waals surface area contributed by atoms with Crippen molar-refractivity contribution in [3.8, 4) is 0 Å². The molecule has 10 nitrogen and oxygen atoms in total. The van der Waals surface area contributed by atoms with Crippen LogP contribution in [0.3, 0.4) is 0 Å². The Hall–Kier alpha value is 0.0149. The molecule has 0 aromatic rings. The average molecular weight is 509 g/mol. The Kier molecular flexibility index (Phi) is 8.58. The highest BCUT2D eigenvalue weighted by atomic mass is 32.2. The molecule has 34 heavy (non-hydrogen) atoms. The normalized spacial score (nSPS) is 44.2. The number of aliphatic hydroxyl groups is 1. The zero-order chi connectivity index (χ0) is 26.1. The molecule has 1 radical (unpaired) electrons. The molecule has 1 N–H and O–H groups in total. The molecular weight excluding hydrogens is 467 g/mol. The van der Waals surface area contributed by atoms with E-state index >= 15 is 0 Å². The molecule has 0 bridgehead atoms. The molecule has 0 saturated carbocycles. The Bertz CT molecular complexity index is 699. The number of ether oxygens (including phenoxy) is 8. The second-order valence-corrected chi connectivity index (χ2v) is 10.3. The van der Waals surface area contributed by atoms with Crippen LogP contribution in [0.4, 0.5) is 0 Å². The smallest absolute Gasteiger partial charge is 0.209 e. The molecule has 2 unspecified atom stereocenters. The van der Waals surface area contributed by atoms with E-state index < -0.39 is 35.4 Å².